The second-order valence-corrected chi connectivity index (χ2v) is 12.4. The number of nitrogens with zero attached hydrogens (tertiary/aromatic N) is 3. The fourth-order valence-electron chi connectivity index (χ4n) is 5.33. The van der Waals surface area contributed by atoms with E-state index in [0.717, 1.165) is 16.7 Å². The lowest BCUT2D eigenvalue weighted by atomic mass is 10.1. The number of carbonyl (C=O) groups is 3. The highest BCUT2D eigenvalue weighted by Gasteiger charge is 2.14. The number of allylic oxidation sites excluding steroid dienone is 3. The Morgan fingerprint density at radius 2 is 0.579 bits per heavy atom. The highest BCUT2D eigenvalue weighted by Crippen LogP contribution is 2.28. The average molecular weight is 748 g/mol. The highest BCUT2D eigenvalue weighted by molar-refractivity contribution is 6.08. The number of ether oxygens (including phenoxy) is 3. The predicted octanol–water partition coefficient (Wildman–Crippen LogP) is 10.9. The molecule has 0 N–H and O–H groups in total. The number of aromatic nitrogens is 3. The van der Waals surface area contributed by atoms with Crippen LogP contribution >= 0.6 is 0 Å². The molecule has 1 aromatic heterocycles. The maximum atomic E-state index is 12.5. The first kappa shape index (κ1) is 37.3. The summed E-state index contributed by atoms with van der Waals surface area (Å²) in [5.74, 6) is 0.963. The van der Waals surface area contributed by atoms with Crippen molar-refractivity contribution in [1.82, 2.24) is 15.0 Å². The molecule has 0 aliphatic carbocycles. The maximum absolute atomic E-state index is 12.5. The van der Waals surface area contributed by atoms with E-state index in [1.165, 1.54) is 18.2 Å². The number of benzene rings is 6. The Hall–Kier alpha value is -8.04. The van der Waals surface area contributed by atoms with Gasteiger partial charge in [-0.3, -0.25) is 14.4 Å². The predicted molar refractivity (Wildman–Crippen MR) is 219 cm³/mol. The van der Waals surface area contributed by atoms with E-state index < -0.39 is 0 Å². The first-order chi connectivity index (χ1) is 27.9. The van der Waals surface area contributed by atoms with Crippen LogP contribution in [0.1, 0.15) is 47.8 Å². The molecule has 0 bridgehead atoms. The third-order valence-electron chi connectivity index (χ3n) is 8.30. The smallest absolute Gasteiger partial charge is 0.331 e. The molecule has 0 saturated carbocycles. The Morgan fingerprint density at radius 3 is 0.825 bits per heavy atom. The summed E-state index contributed by atoms with van der Waals surface area (Å²) in [5, 5.41) is 0. The number of rotatable bonds is 15. The third-order valence-corrected chi connectivity index (χ3v) is 8.30. The summed E-state index contributed by atoms with van der Waals surface area (Å²) in [6.45, 7) is 0. The molecule has 0 atom stereocenters. The molecule has 0 aliphatic heterocycles. The van der Waals surface area contributed by atoms with Crippen LogP contribution in [0.4, 0.5) is 0 Å². The van der Waals surface area contributed by atoms with Crippen molar-refractivity contribution in [2.24, 2.45) is 0 Å². The molecule has 0 amide bonds. The zero-order chi connectivity index (χ0) is 39.2. The van der Waals surface area contributed by atoms with E-state index in [-0.39, 0.29) is 35.4 Å². The van der Waals surface area contributed by atoms with Crippen molar-refractivity contribution in [2.45, 2.75) is 0 Å². The summed E-state index contributed by atoms with van der Waals surface area (Å²) in [4.78, 5) is 50.6. The van der Waals surface area contributed by atoms with Gasteiger partial charge in [0.25, 0.3) is 0 Å². The minimum absolute atomic E-state index is 0.0875. The van der Waals surface area contributed by atoms with Gasteiger partial charge in [0.05, 0.1) is 0 Å². The first-order valence-corrected chi connectivity index (χ1v) is 17.9. The molecule has 7 aromatic rings. The van der Waals surface area contributed by atoms with Gasteiger partial charge in [-0.2, -0.15) is 0 Å². The summed E-state index contributed by atoms with van der Waals surface area (Å²) in [6, 6.07) is 48.0. The van der Waals surface area contributed by atoms with Crippen LogP contribution in [0.3, 0.4) is 0 Å². The van der Waals surface area contributed by atoms with Crippen LogP contribution in [-0.4, -0.2) is 32.3 Å². The van der Waals surface area contributed by atoms with Gasteiger partial charge in [0, 0.05) is 16.7 Å². The van der Waals surface area contributed by atoms with Crippen molar-refractivity contribution < 1.29 is 28.6 Å². The monoisotopic (exact) mass is 747 g/mol. The van der Waals surface area contributed by atoms with Crippen LogP contribution in [0.2, 0.25) is 0 Å². The summed E-state index contributed by atoms with van der Waals surface area (Å²) >= 11 is 0. The van der Waals surface area contributed by atoms with E-state index in [1.54, 1.807) is 127 Å². The van der Waals surface area contributed by atoms with Gasteiger partial charge in [-0.15, -0.1) is 15.0 Å². The molecule has 0 aliphatic rings. The molecular formula is C48H33N3O6. The van der Waals surface area contributed by atoms with Crippen LogP contribution in [0.15, 0.2) is 182 Å². The Balaban J connectivity index is 1.07. The van der Waals surface area contributed by atoms with E-state index in [1.807, 2.05) is 54.6 Å². The van der Waals surface area contributed by atoms with Crippen molar-refractivity contribution in [3.05, 3.63) is 215 Å². The van der Waals surface area contributed by atoms with Crippen molar-refractivity contribution in [3.63, 3.8) is 0 Å². The fourth-order valence-corrected chi connectivity index (χ4v) is 5.33. The number of carbonyl (C=O) groups excluding carboxylic acids is 3. The van der Waals surface area contributed by atoms with Crippen LogP contribution < -0.4 is 14.2 Å². The standard InChI is InChI=1S/C48H33N3O6/c52-43(37-10-4-1-5-11-37)31-22-34-16-25-40(26-17-34)55-46-49-47(56-41-27-18-35(19-28-41)23-32-44(53)38-12-6-2-7-13-38)51-48(50-46)57-42-29-20-36(21-30-42)24-33-45(54)39-14-8-3-9-15-39/h1-33H/b31-22+,32-23+,33-24+. The Labute approximate surface area is 328 Å². The molecule has 0 unspecified atom stereocenters. The van der Waals surface area contributed by atoms with Gasteiger partial charge in [0.2, 0.25) is 0 Å². The quantitative estimate of drug-likeness (QED) is 0.0746. The third kappa shape index (κ3) is 10.8. The molecule has 7 rings (SSSR count). The minimum Gasteiger partial charge on any atom is -0.424 e. The Morgan fingerprint density at radius 1 is 0.333 bits per heavy atom. The van der Waals surface area contributed by atoms with Gasteiger partial charge in [0.15, 0.2) is 17.3 Å². The molecule has 0 saturated heterocycles. The lowest BCUT2D eigenvalue weighted by Gasteiger charge is -2.10. The zero-order valence-electron chi connectivity index (χ0n) is 30.3. The molecular weight excluding hydrogens is 715 g/mol. The normalized spacial score (nSPS) is 11.2. The van der Waals surface area contributed by atoms with Gasteiger partial charge >= 0.3 is 18.0 Å². The first-order valence-electron chi connectivity index (χ1n) is 17.9. The van der Waals surface area contributed by atoms with E-state index >= 15 is 0 Å². The maximum Gasteiger partial charge on any atom is 0.331 e. The Bertz CT molecular complexity index is 2250. The molecule has 9 nitrogen and oxygen atoms in total. The zero-order valence-corrected chi connectivity index (χ0v) is 30.3. The van der Waals surface area contributed by atoms with Crippen molar-refractivity contribution in [2.75, 3.05) is 0 Å². The van der Waals surface area contributed by atoms with Gasteiger partial charge in [-0.05, 0) is 71.3 Å². The highest BCUT2D eigenvalue weighted by atomic mass is 16.5. The lowest BCUT2D eigenvalue weighted by Crippen LogP contribution is -2.01. The Kier molecular flexibility index (Phi) is 12.0. The summed E-state index contributed by atoms with van der Waals surface area (Å²) in [5.41, 5.74) is 4.18. The second kappa shape index (κ2) is 18.3. The molecule has 0 fully saturated rings. The average Bonchev–Trinajstić information content (AvgIpc) is 3.26. The lowest BCUT2D eigenvalue weighted by molar-refractivity contribution is 0.103. The van der Waals surface area contributed by atoms with Crippen molar-refractivity contribution in [1.29, 1.82) is 0 Å². The molecule has 0 radical (unpaired) electrons. The second-order valence-electron chi connectivity index (χ2n) is 12.4. The largest absolute Gasteiger partial charge is 0.424 e. The summed E-state index contributed by atoms with van der Waals surface area (Å²) in [7, 11) is 0. The number of ketones is 3. The fraction of sp³-hybridized carbons (Fsp3) is 0. The van der Waals surface area contributed by atoms with E-state index in [9.17, 15) is 14.4 Å². The number of hydrogen-bond acceptors (Lipinski definition) is 9. The van der Waals surface area contributed by atoms with Crippen molar-refractivity contribution in [3.8, 4) is 35.3 Å². The molecule has 1 heterocycles. The minimum atomic E-state index is -0.102. The van der Waals surface area contributed by atoms with Gasteiger partial charge < -0.3 is 14.2 Å². The van der Waals surface area contributed by atoms with Gasteiger partial charge in [-0.1, -0.05) is 146 Å². The van der Waals surface area contributed by atoms with Crippen LogP contribution in [0, 0.1) is 0 Å². The van der Waals surface area contributed by atoms with Crippen LogP contribution in [0.5, 0.6) is 35.3 Å². The molecule has 276 valence electrons. The molecule has 9 heteroatoms. The van der Waals surface area contributed by atoms with Gasteiger partial charge in [0.1, 0.15) is 17.2 Å². The van der Waals surface area contributed by atoms with Crippen molar-refractivity contribution >= 4 is 35.6 Å². The van der Waals surface area contributed by atoms with E-state index in [2.05, 4.69) is 15.0 Å². The van der Waals surface area contributed by atoms with Crippen LogP contribution in [-0.2, 0) is 0 Å². The topological polar surface area (TPSA) is 118 Å². The van der Waals surface area contributed by atoms with E-state index in [0.29, 0.717) is 33.9 Å². The molecule has 6 aromatic carbocycles. The SMILES string of the molecule is O=C(/C=C/c1ccc(Oc2nc(Oc3ccc(/C=C/C(=O)c4ccccc4)cc3)nc(Oc3ccc(/C=C/C(=O)c4ccccc4)cc3)n2)cc1)c1ccccc1. The molecule has 0 spiro atoms. The molecule has 57 heavy (non-hydrogen) atoms. The number of hydrogen-bond donors (Lipinski definition) is 0. The van der Waals surface area contributed by atoms with Crippen LogP contribution in [0.25, 0.3) is 18.2 Å². The van der Waals surface area contributed by atoms with Gasteiger partial charge in [-0.25, -0.2) is 0 Å². The summed E-state index contributed by atoms with van der Waals surface area (Å²) in [6.07, 6.45) is 9.73. The summed E-state index contributed by atoms with van der Waals surface area (Å²) < 4.78 is 18.0. The van der Waals surface area contributed by atoms with E-state index in [4.69, 9.17) is 14.2 Å².